The van der Waals surface area contributed by atoms with Crippen LogP contribution >= 0.6 is 15.9 Å². The summed E-state index contributed by atoms with van der Waals surface area (Å²) in [6.07, 6.45) is 0.957. The molecule has 20 heavy (non-hydrogen) atoms. The Hall–Kier alpha value is -0.590. The van der Waals surface area contributed by atoms with Crippen molar-refractivity contribution in [2.75, 3.05) is 20.2 Å². The molecule has 1 unspecified atom stereocenters. The topological polar surface area (TPSA) is 46.6 Å². The molecule has 1 rings (SSSR count). The second kappa shape index (κ2) is 7.43. The molecule has 0 aliphatic carbocycles. The number of rotatable bonds is 7. The zero-order valence-corrected chi connectivity index (χ0v) is 14.8. The van der Waals surface area contributed by atoms with Crippen molar-refractivity contribution in [2.24, 2.45) is 5.92 Å². The van der Waals surface area contributed by atoms with Gasteiger partial charge in [0.25, 0.3) is 0 Å². The van der Waals surface area contributed by atoms with Crippen molar-refractivity contribution in [1.29, 1.82) is 0 Å². The van der Waals surface area contributed by atoms with E-state index >= 15 is 0 Å². The van der Waals surface area contributed by atoms with E-state index in [4.69, 9.17) is 4.74 Å². The van der Waals surface area contributed by atoms with Crippen molar-refractivity contribution in [3.8, 4) is 5.75 Å². The van der Waals surface area contributed by atoms with Gasteiger partial charge < -0.3 is 4.74 Å². The highest BCUT2D eigenvalue weighted by Crippen LogP contribution is 2.29. The van der Waals surface area contributed by atoms with Crippen molar-refractivity contribution in [1.82, 2.24) is 4.31 Å². The van der Waals surface area contributed by atoms with Crippen LogP contribution in [-0.4, -0.2) is 32.9 Å². The maximum Gasteiger partial charge on any atom is 0.243 e. The van der Waals surface area contributed by atoms with Gasteiger partial charge in [0.15, 0.2) is 0 Å². The zero-order chi connectivity index (χ0) is 15.3. The van der Waals surface area contributed by atoms with Gasteiger partial charge in [-0.2, -0.15) is 4.31 Å². The third kappa shape index (κ3) is 3.96. The van der Waals surface area contributed by atoms with Crippen LogP contribution in [0.2, 0.25) is 0 Å². The summed E-state index contributed by atoms with van der Waals surface area (Å²) < 4.78 is 32.6. The smallest absolute Gasteiger partial charge is 0.243 e. The van der Waals surface area contributed by atoms with Crippen LogP contribution in [0.1, 0.15) is 27.2 Å². The van der Waals surface area contributed by atoms with Gasteiger partial charge in [0.1, 0.15) is 5.75 Å². The fourth-order valence-corrected chi connectivity index (χ4v) is 4.12. The molecular weight excluding hydrogens is 342 g/mol. The van der Waals surface area contributed by atoms with Crippen LogP contribution < -0.4 is 4.74 Å². The first-order chi connectivity index (χ1) is 9.36. The largest absolute Gasteiger partial charge is 0.496 e. The van der Waals surface area contributed by atoms with Crippen LogP contribution in [0.15, 0.2) is 27.6 Å². The zero-order valence-electron chi connectivity index (χ0n) is 12.4. The molecule has 0 aliphatic rings. The Morgan fingerprint density at radius 2 is 2.00 bits per heavy atom. The summed E-state index contributed by atoms with van der Waals surface area (Å²) in [5.41, 5.74) is 0. The summed E-state index contributed by atoms with van der Waals surface area (Å²) in [5.74, 6) is 0.959. The normalized spacial score (nSPS) is 13.5. The highest BCUT2D eigenvalue weighted by Gasteiger charge is 2.24. The molecule has 4 nitrogen and oxygen atoms in total. The van der Waals surface area contributed by atoms with Crippen LogP contribution in [0.3, 0.4) is 0 Å². The molecule has 6 heteroatoms. The van der Waals surface area contributed by atoms with Crippen LogP contribution in [0, 0.1) is 5.92 Å². The van der Waals surface area contributed by atoms with Gasteiger partial charge in [-0.3, -0.25) is 0 Å². The van der Waals surface area contributed by atoms with Crippen LogP contribution in [-0.2, 0) is 10.0 Å². The number of sulfonamides is 1. The molecule has 0 aromatic heterocycles. The minimum atomic E-state index is -3.46. The van der Waals surface area contributed by atoms with Gasteiger partial charge in [-0.25, -0.2) is 8.42 Å². The monoisotopic (exact) mass is 363 g/mol. The number of hydrogen-bond donors (Lipinski definition) is 0. The van der Waals surface area contributed by atoms with Gasteiger partial charge in [-0.05, 0) is 40.0 Å². The fraction of sp³-hybridized carbons (Fsp3) is 0.571. The molecule has 0 bridgehead atoms. The summed E-state index contributed by atoms with van der Waals surface area (Å²) in [4.78, 5) is 0.287. The van der Waals surface area contributed by atoms with Gasteiger partial charge in [0.05, 0.1) is 16.5 Å². The molecule has 1 atom stereocenters. The number of ether oxygens (including phenoxy) is 1. The average Bonchev–Trinajstić information content (AvgIpc) is 2.43. The first-order valence-electron chi connectivity index (χ1n) is 6.70. The molecular formula is C14H22BrNO3S. The number of halogens is 1. The van der Waals surface area contributed by atoms with Crippen molar-refractivity contribution in [3.05, 3.63) is 22.7 Å². The lowest BCUT2D eigenvalue weighted by Crippen LogP contribution is -2.34. The first kappa shape index (κ1) is 17.5. The quantitative estimate of drug-likeness (QED) is 0.744. The third-order valence-electron chi connectivity index (χ3n) is 3.33. The number of nitrogens with zero attached hydrogens (tertiary/aromatic N) is 1. The Morgan fingerprint density at radius 1 is 1.35 bits per heavy atom. The number of benzene rings is 1. The molecule has 1 aromatic rings. The van der Waals surface area contributed by atoms with E-state index in [0.29, 0.717) is 29.2 Å². The summed E-state index contributed by atoms with van der Waals surface area (Å²) in [6.45, 7) is 6.99. The molecule has 0 radical (unpaired) electrons. The lowest BCUT2D eigenvalue weighted by molar-refractivity contribution is 0.361. The number of methoxy groups -OCH3 is 1. The Bertz CT molecular complexity index is 545. The van der Waals surface area contributed by atoms with Crippen LogP contribution in [0.5, 0.6) is 5.75 Å². The molecule has 0 N–H and O–H groups in total. The third-order valence-corrected chi connectivity index (χ3v) is 5.88. The van der Waals surface area contributed by atoms with E-state index in [1.54, 1.807) is 25.3 Å². The van der Waals surface area contributed by atoms with Gasteiger partial charge in [-0.15, -0.1) is 0 Å². The van der Waals surface area contributed by atoms with E-state index in [2.05, 4.69) is 29.8 Å². The lowest BCUT2D eigenvalue weighted by atomic mass is 10.1. The highest BCUT2D eigenvalue weighted by atomic mass is 79.9. The minimum absolute atomic E-state index is 0.287. The molecule has 0 saturated heterocycles. The van der Waals surface area contributed by atoms with Crippen molar-refractivity contribution < 1.29 is 13.2 Å². The van der Waals surface area contributed by atoms with E-state index in [1.807, 2.05) is 6.92 Å². The summed E-state index contributed by atoms with van der Waals surface area (Å²) >= 11 is 3.33. The maximum absolute atomic E-state index is 12.6. The summed E-state index contributed by atoms with van der Waals surface area (Å²) in [7, 11) is -1.90. The van der Waals surface area contributed by atoms with Gasteiger partial charge in [0, 0.05) is 13.1 Å². The van der Waals surface area contributed by atoms with Crippen LogP contribution in [0.4, 0.5) is 0 Å². The van der Waals surface area contributed by atoms with E-state index in [1.165, 1.54) is 4.31 Å². The Balaban J connectivity index is 3.10. The molecule has 0 amide bonds. The van der Waals surface area contributed by atoms with Gasteiger partial charge in [-0.1, -0.05) is 27.2 Å². The summed E-state index contributed by atoms with van der Waals surface area (Å²) in [6, 6.07) is 4.83. The van der Waals surface area contributed by atoms with Crippen molar-refractivity contribution >= 4 is 26.0 Å². The molecule has 1 aromatic carbocycles. The second-order valence-electron chi connectivity index (χ2n) is 4.77. The van der Waals surface area contributed by atoms with E-state index in [9.17, 15) is 8.42 Å². The highest BCUT2D eigenvalue weighted by molar-refractivity contribution is 9.10. The van der Waals surface area contributed by atoms with Gasteiger partial charge in [0.2, 0.25) is 10.0 Å². The predicted octanol–water partition coefficient (Wildman–Crippen LogP) is 3.51. The molecule has 0 fully saturated rings. The summed E-state index contributed by atoms with van der Waals surface area (Å²) in [5, 5.41) is 0. The molecule has 0 spiro atoms. The molecule has 114 valence electrons. The van der Waals surface area contributed by atoms with Gasteiger partial charge >= 0.3 is 0 Å². The Labute approximate surface area is 130 Å². The van der Waals surface area contributed by atoms with Crippen molar-refractivity contribution in [2.45, 2.75) is 32.1 Å². The van der Waals surface area contributed by atoms with Crippen LogP contribution in [0.25, 0.3) is 0 Å². The van der Waals surface area contributed by atoms with E-state index in [-0.39, 0.29) is 4.90 Å². The Kier molecular flexibility index (Phi) is 6.48. The van der Waals surface area contributed by atoms with E-state index < -0.39 is 10.0 Å². The standard InChI is InChI=1S/C14H22BrNO3S/c1-5-11(3)10-16(6-2)20(17,18)12-7-8-14(19-4)13(15)9-12/h7-9,11H,5-6,10H2,1-4H3. The maximum atomic E-state index is 12.6. The van der Waals surface area contributed by atoms with Crippen molar-refractivity contribution in [3.63, 3.8) is 0 Å². The minimum Gasteiger partial charge on any atom is -0.496 e. The second-order valence-corrected chi connectivity index (χ2v) is 7.56. The first-order valence-corrected chi connectivity index (χ1v) is 8.93. The predicted molar refractivity (Wildman–Crippen MR) is 84.6 cm³/mol. The van der Waals surface area contributed by atoms with E-state index in [0.717, 1.165) is 6.42 Å². The Morgan fingerprint density at radius 3 is 2.45 bits per heavy atom. The number of hydrogen-bond acceptors (Lipinski definition) is 3. The fourth-order valence-electron chi connectivity index (χ4n) is 1.83. The molecule has 0 saturated carbocycles. The average molecular weight is 364 g/mol. The SMILES string of the molecule is CCC(C)CN(CC)S(=O)(=O)c1ccc(OC)c(Br)c1. The molecule has 0 aliphatic heterocycles. The molecule has 0 heterocycles. The lowest BCUT2D eigenvalue weighted by Gasteiger charge is -2.23.